The van der Waals surface area contributed by atoms with Gasteiger partial charge in [-0.15, -0.1) is 11.3 Å². The van der Waals surface area contributed by atoms with Gasteiger partial charge in [-0.3, -0.25) is 0 Å². The SMILES string of the molecule is c1ccc(-c2cccc3c2oc2c(N(c4ccc(-c5cccc6ccccc56)cc4)c4cccc5sc6ccccc6c45)cccc23)cc1. The van der Waals surface area contributed by atoms with Crippen LogP contribution in [0.4, 0.5) is 17.1 Å². The molecule has 8 aromatic carbocycles. The molecule has 0 radical (unpaired) electrons. The molecule has 0 saturated carbocycles. The Morgan fingerprint density at radius 2 is 0.980 bits per heavy atom. The van der Waals surface area contributed by atoms with Crippen LogP contribution in [0.25, 0.3) is 75.1 Å². The lowest BCUT2D eigenvalue weighted by Gasteiger charge is -2.26. The molecule has 10 rings (SSSR count). The Labute approximate surface area is 287 Å². The van der Waals surface area contributed by atoms with Gasteiger partial charge in [-0.25, -0.2) is 0 Å². The van der Waals surface area contributed by atoms with E-state index in [1.165, 1.54) is 42.1 Å². The molecule has 0 aliphatic heterocycles. The predicted molar refractivity (Wildman–Crippen MR) is 210 cm³/mol. The first-order valence-corrected chi connectivity index (χ1v) is 17.4. The van der Waals surface area contributed by atoms with Crippen LogP contribution < -0.4 is 4.90 Å². The molecule has 0 bridgehead atoms. The normalized spacial score (nSPS) is 11.7. The molecule has 230 valence electrons. The summed E-state index contributed by atoms with van der Waals surface area (Å²) in [6.07, 6.45) is 0. The maximum atomic E-state index is 6.98. The lowest BCUT2D eigenvalue weighted by molar-refractivity contribution is 0.670. The molecule has 0 aliphatic rings. The number of anilines is 3. The average Bonchev–Trinajstić information content (AvgIpc) is 3.75. The van der Waals surface area contributed by atoms with Crippen LogP contribution in [0.3, 0.4) is 0 Å². The fourth-order valence-electron chi connectivity index (χ4n) is 7.44. The molecule has 2 nitrogen and oxygen atoms in total. The zero-order valence-electron chi connectivity index (χ0n) is 26.5. The Morgan fingerprint density at radius 3 is 1.86 bits per heavy atom. The van der Waals surface area contributed by atoms with Gasteiger partial charge < -0.3 is 9.32 Å². The molecular weight excluding hydrogens is 615 g/mol. The third kappa shape index (κ3) is 4.47. The number of fused-ring (bicyclic) bond motifs is 7. The largest absolute Gasteiger partial charge is 0.453 e. The zero-order chi connectivity index (χ0) is 32.3. The van der Waals surface area contributed by atoms with Gasteiger partial charge in [-0.2, -0.15) is 0 Å². The molecule has 2 heterocycles. The third-order valence-corrected chi connectivity index (χ3v) is 10.8. The molecule has 10 aromatic rings. The second kappa shape index (κ2) is 11.2. The minimum Gasteiger partial charge on any atom is -0.453 e. The second-order valence-corrected chi connectivity index (χ2v) is 13.5. The summed E-state index contributed by atoms with van der Waals surface area (Å²) in [5.74, 6) is 0. The number of hydrogen-bond donors (Lipinski definition) is 0. The Balaban J connectivity index is 1.23. The molecule has 0 aliphatic carbocycles. The fraction of sp³-hybridized carbons (Fsp3) is 0. The molecule has 49 heavy (non-hydrogen) atoms. The Hall–Kier alpha value is -6.16. The maximum absolute atomic E-state index is 6.98. The molecule has 0 amide bonds. The summed E-state index contributed by atoms with van der Waals surface area (Å²) in [6.45, 7) is 0. The number of rotatable bonds is 5. The van der Waals surface area contributed by atoms with Crippen molar-refractivity contribution < 1.29 is 4.42 Å². The Kier molecular flexibility index (Phi) is 6.39. The standard InChI is InChI=1S/C46H29NOS/c1-2-12-31(13-3-1)36-19-9-20-37-38-21-10-23-41(46(38)48-45(36)37)47(40-22-11-25-43-44(40)39-17-6-7-24-42(39)49-43)33-28-26-32(27-29-33)35-18-8-15-30-14-4-5-16-34(30)35/h1-29H. The summed E-state index contributed by atoms with van der Waals surface area (Å²) in [5.41, 5.74) is 9.64. The van der Waals surface area contributed by atoms with E-state index in [9.17, 15) is 0 Å². The van der Waals surface area contributed by atoms with Crippen LogP contribution >= 0.6 is 11.3 Å². The third-order valence-electron chi connectivity index (χ3n) is 9.68. The molecule has 3 heteroatoms. The van der Waals surface area contributed by atoms with Crippen molar-refractivity contribution in [3.05, 3.63) is 176 Å². The van der Waals surface area contributed by atoms with Crippen LogP contribution in [-0.4, -0.2) is 0 Å². The average molecular weight is 644 g/mol. The highest BCUT2D eigenvalue weighted by Gasteiger charge is 2.23. The van der Waals surface area contributed by atoms with Crippen molar-refractivity contribution >= 4 is 81.3 Å². The molecule has 0 atom stereocenters. The quantitative estimate of drug-likeness (QED) is 0.186. The van der Waals surface area contributed by atoms with Crippen LogP contribution in [0.1, 0.15) is 0 Å². The van der Waals surface area contributed by atoms with Gasteiger partial charge in [0.1, 0.15) is 5.58 Å². The van der Waals surface area contributed by atoms with Crippen LogP contribution in [0, 0.1) is 0 Å². The van der Waals surface area contributed by atoms with Gasteiger partial charge in [0.2, 0.25) is 0 Å². The van der Waals surface area contributed by atoms with E-state index in [4.69, 9.17) is 4.42 Å². The summed E-state index contributed by atoms with van der Waals surface area (Å²) in [5, 5.41) is 7.23. The highest BCUT2D eigenvalue weighted by atomic mass is 32.1. The highest BCUT2D eigenvalue weighted by molar-refractivity contribution is 7.26. The van der Waals surface area contributed by atoms with E-state index in [0.717, 1.165) is 50.1 Å². The van der Waals surface area contributed by atoms with Crippen LogP contribution in [0.5, 0.6) is 0 Å². The number of furan rings is 1. The number of nitrogens with zero attached hydrogens (tertiary/aromatic N) is 1. The molecule has 0 saturated heterocycles. The van der Waals surface area contributed by atoms with Gasteiger partial charge in [0.25, 0.3) is 0 Å². The Morgan fingerprint density at radius 1 is 0.388 bits per heavy atom. The molecular formula is C46H29NOS. The van der Waals surface area contributed by atoms with Crippen molar-refractivity contribution in [3.63, 3.8) is 0 Å². The highest BCUT2D eigenvalue weighted by Crippen LogP contribution is 2.48. The molecule has 2 aromatic heterocycles. The fourth-order valence-corrected chi connectivity index (χ4v) is 8.57. The van der Waals surface area contributed by atoms with Crippen LogP contribution in [-0.2, 0) is 0 Å². The van der Waals surface area contributed by atoms with E-state index in [1.807, 2.05) is 11.3 Å². The van der Waals surface area contributed by atoms with Gasteiger partial charge in [0.15, 0.2) is 5.58 Å². The summed E-state index contributed by atoms with van der Waals surface area (Å²) < 4.78 is 9.52. The van der Waals surface area contributed by atoms with E-state index >= 15 is 0 Å². The monoisotopic (exact) mass is 643 g/mol. The van der Waals surface area contributed by atoms with Gasteiger partial charge in [-0.05, 0) is 63.9 Å². The predicted octanol–water partition coefficient (Wildman–Crippen LogP) is 13.9. The number of thiophene rings is 1. The van der Waals surface area contributed by atoms with Gasteiger partial charge in [0, 0.05) is 42.2 Å². The van der Waals surface area contributed by atoms with Gasteiger partial charge >= 0.3 is 0 Å². The van der Waals surface area contributed by atoms with Crippen LogP contribution in [0.2, 0.25) is 0 Å². The smallest absolute Gasteiger partial charge is 0.159 e. The first-order valence-electron chi connectivity index (χ1n) is 16.6. The topological polar surface area (TPSA) is 16.4 Å². The van der Waals surface area contributed by atoms with Crippen molar-refractivity contribution in [3.8, 4) is 22.3 Å². The molecule has 0 N–H and O–H groups in total. The summed E-state index contributed by atoms with van der Waals surface area (Å²) in [4.78, 5) is 2.39. The lowest BCUT2D eigenvalue weighted by atomic mass is 9.98. The number of hydrogen-bond acceptors (Lipinski definition) is 3. The van der Waals surface area contributed by atoms with Crippen molar-refractivity contribution in [2.45, 2.75) is 0 Å². The minimum absolute atomic E-state index is 0.871. The van der Waals surface area contributed by atoms with Crippen molar-refractivity contribution in [2.75, 3.05) is 4.90 Å². The second-order valence-electron chi connectivity index (χ2n) is 12.5. The van der Waals surface area contributed by atoms with Gasteiger partial charge in [-0.1, -0.05) is 140 Å². The van der Waals surface area contributed by atoms with Crippen molar-refractivity contribution in [2.24, 2.45) is 0 Å². The maximum Gasteiger partial charge on any atom is 0.159 e. The molecule has 0 spiro atoms. The van der Waals surface area contributed by atoms with Crippen molar-refractivity contribution in [1.29, 1.82) is 0 Å². The first-order chi connectivity index (χ1) is 24.3. The van der Waals surface area contributed by atoms with E-state index in [2.05, 4.69) is 181 Å². The molecule has 0 unspecified atom stereocenters. The number of para-hydroxylation sites is 2. The van der Waals surface area contributed by atoms with Gasteiger partial charge in [0.05, 0.1) is 11.4 Å². The first kappa shape index (κ1) is 27.9. The van der Waals surface area contributed by atoms with E-state index in [0.29, 0.717) is 0 Å². The Bertz CT molecular complexity index is 2820. The lowest BCUT2D eigenvalue weighted by Crippen LogP contribution is -2.10. The van der Waals surface area contributed by atoms with E-state index < -0.39 is 0 Å². The molecule has 0 fully saturated rings. The van der Waals surface area contributed by atoms with Crippen molar-refractivity contribution in [1.82, 2.24) is 0 Å². The summed E-state index contributed by atoms with van der Waals surface area (Å²) in [6, 6.07) is 63.0. The minimum atomic E-state index is 0.871. The van der Waals surface area contributed by atoms with E-state index in [1.54, 1.807) is 0 Å². The summed E-state index contributed by atoms with van der Waals surface area (Å²) in [7, 11) is 0. The number of benzene rings is 8. The van der Waals surface area contributed by atoms with Crippen LogP contribution in [0.15, 0.2) is 180 Å². The van der Waals surface area contributed by atoms with E-state index in [-0.39, 0.29) is 0 Å². The zero-order valence-corrected chi connectivity index (χ0v) is 27.3. The summed E-state index contributed by atoms with van der Waals surface area (Å²) >= 11 is 1.84.